The predicted octanol–water partition coefficient (Wildman–Crippen LogP) is 3.66. The topological polar surface area (TPSA) is 128 Å². The normalized spacial score (nSPS) is 10.8. The van der Waals surface area contributed by atoms with Gasteiger partial charge in [0.25, 0.3) is 5.69 Å². The van der Waals surface area contributed by atoms with Crippen LogP contribution in [0.2, 0.25) is 0 Å². The van der Waals surface area contributed by atoms with Gasteiger partial charge in [-0.15, -0.1) is 0 Å². The number of ketones is 1. The van der Waals surface area contributed by atoms with Crippen molar-refractivity contribution < 1.29 is 24.0 Å². The lowest BCUT2D eigenvalue weighted by Gasteiger charge is -2.17. The maximum Gasteiger partial charge on any atom is 0.340 e. The van der Waals surface area contributed by atoms with Gasteiger partial charge in [-0.25, -0.2) is 4.79 Å². The molecule has 0 atom stereocenters. The fraction of sp³-hybridized carbons (Fsp3) is 0.286. The van der Waals surface area contributed by atoms with Gasteiger partial charge in [-0.1, -0.05) is 20.8 Å². The highest BCUT2D eigenvalue weighted by Crippen LogP contribution is 2.23. The molecule has 0 saturated heterocycles. The highest BCUT2D eigenvalue weighted by Gasteiger charge is 2.21. The number of nitrogens with one attached hydrogen (secondary N) is 2. The van der Waals surface area contributed by atoms with Crippen molar-refractivity contribution in [2.75, 3.05) is 24.3 Å². The molecule has 1 amide bonds. The lowest BCUT2D eigenvalue weighted by molar-refractivity contribution is -0.384. The van der Waals surface area contributed by atoms with E-state index in [0.717, 1.165) is 6.07 Å². The number of nitro groups is 1. The van der Waals surface area contributed by atoms with Gasteiger partial charge in [0.1, 0.15) is 0 Å². The Morgan fingerprint density at radius 1 is 1.07 bits per heavy atom. The molecular weight excluding hydrogens is 390 g/mol. The van der Waals surface area contributed by atoms with Gasteiger partial charge in [0.2, 0.25) is 5.91 Å². The summed E-state index contributed by atoms with van der Waals surface area (Å²) >= 11 is 0. The number of hydrogen-bond acceptors (Lipinski definition) is 7. The Hall–Kier alpha value is -3.75. The van der Waals surface area contributed by atoms with Gasteiger partial charge in [0, 0.05) is 41.5 Å². The smallest absolute Gasteiger partial charge is 0.340 e. The third-order valence-corrected chi connectivity index (χ3v) is 4.18. The number of ether oxygens (including phenoxy) is 1. The Kier molecular flexibility index (Phi) is 6.89. The van der Waals surface area contributed by atoms with E-state index in [1.165, 1.54) is 24.3 Å². The van der Waals surface area contributed by atoms with Crippen LogP contribution in [-0.4, -0.2) is 36.2 Å². The summed E-state index contributed by atoms with van der Waals surface area (Å²) in [5.74, 6) is -1.47. The minimum atomic E-state index is -0.856. The summed E-state index contributed by atoms with van der Waals surface area (Å²) in [6.07, 6.45) is 0. The molecule has 0 bridgehead atoms. The van der Waals surface area contributed by atoms with Crippen LogP contribution in [0.15, 0.2) is 42.5 Å². The number of carbonyl (C=O) groups excluding carboxylic acids is 3. The molecule has 0 fully saturated rings. The molecule has 0 unspecified atom stereocenters. The molecule has 2 aromatic carbocycles. The van der Waals surface area contributed by atoms with Gasteiger partial charge >= 0.3 is 5.97 Å². The number of esters is 1. The summed E-state index contributed by atoms with van der Waals surface area (Å²) in [7, 11) is 1.56. The summed E-state index contributed by atoms with van der Waals surface area (Å²) in [4.78, 5) is 46.9. The van der Waals surface area contributed by atoms with E-state index < -0.39 is 28.7 Å². The van der Waals surface area contributed by atoms with E-state index in [1.807, 2.05) is 0 Å². The first kappa shape index (κ1) is 22.5. The van der Waals surface area contributed by atoms with Crippen LogP contribution in [0.3, 0.4) is 0 Å². The molecule has 0 aliphatic rings. The number of amides is 1. The monoisotopic (exact) mass is 413 g/mol. The van der Waals surface area contributed by atoms with Crippen LogP contribution in [0.25, 0.3) is 0 Å². The minimum absolute atomic E-state index is 0.0419. The van der Waals surface area contributed by atoms with E-state index in [9.17, 15) is 24.5 Å². The zero-order valence-electron chi connectivity index (χ0n) is 17.1. The number of nitro benzene ring substituents is 1. The Bertz CT molecular complexity index is 977. The van der Waals surface area contributed by atoms with Gasteiger partial charge in [-0.05, 0) is 30.3 Å². The second-order valence-electron chi connectivity index (χ2n) is 7.52. The van der Waals surface area contributed by atoms with E-state index in [-0.39, 0.29) is 17.2 Å². The summed E-state index contributed by atoms with van der Waals surface area (Å²) in [5, 5.41) is 16.4. The third-order valence-electron chi connectivity index (χ3n) is 4.18. The Morgan fingerprint density at radius 2 is 1.70 bits per heavy atom. The van der Waals surface area contributed by atoms with Crippen LogP contribution in [0.1, 0.15) is 41.5 Å². The van der Waals surface area contributed by atoms with Gasteiger partial charge < -0.3 is 15.4 Å². The van der Waals surface area contributed by atoms with Crippen LogP contribution in [-0.2, 0) is 9.53 Å². The molecule has 0 spiro atoms. The fourth-order valence-corrected chi connectivity index (χ4v) is 2.38. The Labute approximate surface area is 173 Å². The summed E-state index contributed by atoms with van der Waals surface area (Å²) in [6, 6.07) is 9.93. The molecule has 0 saturated carbocycles. The number of hydrogen-bond donors (Lipinski definition) is 2. The first-order valence-corrected chi connectivity index (χ1v) is 9.11. The first-order chi connectivity index (χ1) is 14.0. The fourth-order valence-electron chi connectivity index (χ4n) is 2.38. The van der Waals surface area contributed by atoms with Gasteiger partial charge in [-0.3, -0.25) is 19.7 Å². The maximum atomic E-state index is 12.3. The van der Waals surface area contributed by atoms with Gasteiger partial charge in [0.05, 0.1) is 10.5 Å². The first-order valence-electron chi connectivity index (χ1n) is 9.11. The van der Waals surface area contributed by atoms with E-state index in [2.05, 4.69) is 10.6 Å². The van der Waals surface area contributed by atoms with Gasteiger partial charge in [0.15, 0.2) is 12.4 Å². The van der Waals surface area contributed by atoms with Crippen molar-refractivity contribution in [2.24, 2.45) is 5.41 Å². The quantitative estimate of drug-likeness (QED) is 0.307. The maximum absolute atomic E-state index is 12.3. The van der Waals surface area contributed by atoms with Crippen LogP contribution in [0.4, 0.5) is 17.1 Å². The number of anilines is 2. The highest BCUT2D eigenvalue weighted by molar-refractivity contribution is 6.01. The summed E-state index contributed by atoms with van der Waals surface area (Å²) in [6.45, 7) is 4.83. The number of Topliss-reactive ketones (excluding diaryl/α,β-unsaturated/α-hetero) is 1. The molecule has 2 rings (SSSR count). The van der Waals surface area contributed by atoms with Crippen molar-refractivity contribution in [1.29, 1.82) is 0 Å². The molecule has 0 heterocycles. The van der Waals surface area contributed by atoms with E-state index in [0.29, 0.717) is 16.9 Å². The lowest BCUT2D eigenvalue weighted by Crippen LogP contribution is -2.27. The second kappa shape index (κ2) is 9.17. The number of non-ortho nitro benzene ring substituents is 1. The predicted molar refractivity (Wildman–Crippen MR) is 112 cm³/mol. The minimum Gasteiger partial charge on any atom is -0.454 e. The average Bonchev–Trinajstić information content (AvgIpc) is 2.70. The number of rotatable bonds is 7. The van der Waals surface area contributed by atoms with E-state index >= 15 is 0 Å². The second-order valence-corrected chi connectivity index (χ2v) is 7.52. The Morgan fingerprint density at radius 3 is 2.23 bits per heavy atom. The van der Waals surface area contributed by atoms with Crippen LogP contribution in [0.5, 0.6) is 0 Å². The molecule has 0 aliphatic heterocycles. The largest absolute Gasteiger partial charge is 0.454 e. The SMILES string of the molecule is CNc1ccc([N+](=O)[O-])cc1C(=O)OCC(=O)c1ccc(NC(=O)C(C)(C)C)cc1. The van der Waals surface area contributed by atoms with Crippen molar-refractivity contribution >= 4 is 34.7 Å². The molecule has 2 aromatic rings. The zero-order chi connectivity index (χ0) is 22.5. The molecule has 9 heteroatoms. The zero-order valence-corrected chi connectivity index (χ0v) is 17.1. The van der Waals surface area contributed by atoms with E-state index in [1.54, 1.807) is 40.0 Å². The van der Waals surface area contributed by atoms with Crippen LogP contribution < -0.4 is 10.6 Å². The number of benzene rings is 2. The number of nitrogens with zero attached hydrogens (tertiary/aromatic N) is 1. The molecule has 0 aromatic heterocycles. The lowest BCUT2D eigenvalue weighted by atomic mass is 9.95. The van der Waals surface area contributed by atoms with Crippen molar-refractivity contribution in [3.8, 4) is 0 Å². The molecule has 9 nitrogen and oxygen atoms in total. The summed E-state index contributed by atoms with van der Waals surface area (Å²) in [5.41, 5.74) is 0.321. The summed E-state index contributed by atoms with van der Waals surface area (Å²) < 4.78 is 5.04. The van der Waals surface area contributed by atoms with Crippen molar-refractivity contribution in [2.45, 2.75) is 20.8 Å². The molecule has 2 N–H and O–H groups in total. The average molecular weight is 413 g/mol. The van der Waals surface area contributed by atoms with Crippen molar-refractivity contribution in [3.63, 3.8) is 0 Å². The van der Waals surface area contributed by atoms with Crippen molar-refractivity contribution in [3.05, 3.63) is 63.7 Å². The van der Waals surface area contributed by atoms with Crippen LogP contribution >= 0.6 is 0 Å². The van der Waals surface area contributed by atoms with Crippen LogP contribution in [0, 0.1) is 15.5 Å². The highest BCUT2D eigenvalue weighted by atomic mass is 16.6. The third kappa shape index (κ3) is 5.63. The Balaban J connectivity index is 2.04. The van der Waals surface area contributed by atoms with Crippen molar-refractivity contribution in [1.82, 2.24) is 0 Å². The number of carbonyl (C=O) groups is 3. The van der Waals surface area contributed by atoms with Gasteiger partial charge in [-0.2, -0.15) is 0 Å². The molecule has 0 aliphatic carbocycles. The standard InChI is InChI=1S/C21H23N3O6/c1-21(2,3)20(27)23-14-7-5-13(6-8-14)18(25)12-30-19(26)16-11-15(24(28)29)9-10-17(16)22-4/h5-11,22H,12H2,1-4H3,(H,23,27). The molecular formula is C21H23N3O6. The molecule has 0 radical (unpaired) electrons. The molecule has 158 valence electrons. The van der Waals surface area contributed by atoms with E-state index in [4.69, 9.17) is 4.74 Å². The molecule has 30 heavy (non-hydrogen) atoms.